The summed E-state index contributed by atoms with van der Waals surface area (Å²) in [5, 5.41) is -0.403. The van der Waals surface area contributed by atoms with Gasteiger partial charge in [-0.2, -0.15) is 13.2 Å². The number of hydrogen-bond donors (Lipinski definition) is 0. The molecule has 4 nitrogen and oxygen atoms in total. The predicted octanol–water partition coefficient (Wildman–Crippen LogP) is 3.62. The van der Waals surface area contributed by atoms with Crippen LogP contribution in [-0.2, 0) is 27.2 Å². The lowest BCUT2D eigenvalue weighted by Gasteiger charge is -2.32. The van der Waals surface area contributed by atoms with E-state index in [1.54, 1.807) is 25.7 Å². The Hall–Kier alpha value is -1.57. The number of nitrogens with zero attached hydrogens (tertiary/aromatic N) is 1. The smallest absolute Gasteiger partial charge is 0.342 e. The average molecular weight is 405 g/mol. The Kier molecular flexibility index (Phi) is 6.60. The molecule has 1 aliphatic rings. The standard InChI is InChI=1S/C19H26F3NO3S/c1-13(2)27(25,26)12-15-6-8-23(9-7-15)18(24)11-16-4-5-17(10-14(16)3)19(20,21)22/h4-5,10,13,15H,6-9,11-12H2,1-3H3. The largest absolute Gasteiger partial charge is 0.416 e. The highest BCUT2D eigenvalue weighted by Crippen LogP contribution is 2.30. The number of amides is 1. The second kappa shape index (κ2) is 8.20. The molecule has 8 heteroatoms. The minimum absolute atomic E-state index is 0.0502. The first-order valence-electron chi connectivity index (χ1n) is 9.06. The van der Waals surface area contributed by atoms with Gasteiger partial charge in [0.2, 0.25) is 5.91 Å². The molecular weight excluding hydrogens is 379 g/mol. The van der Waals surface area contributed by atoms with Crippen LogP contribution in [0.15, 0.2) is 18.2 Å². The first-order valence-corrected chi connectivity index (χ1v) is 10.8. The topological polar surface area (TPSA) is 54.5 Å². The van der Waals surface area contributed by atoms with E-state index >= 15 is 0 Å². The number of hydrogen-bond acceptors (Lipinski definition) is 3. The van der Waals surface area contributed by atoms with Gasteiger partial charge >= 0.3 is 6.18 Å². The molecule has 0 aromatic heterocycles. The van der Waals surface area contributed by atoms with Gasteiger partial charge in [-0.15, -0.1) is 0 Å². The maximum atomic E-state index is 12.7. The average Bonchev–Trinajstić information content (AvgIpc) is 2.55. The van der Waals surface area contributed by atoms with Gasteiger partial charge in [0, 0.05) is 13.1 Å². The zero-order valence-corrected chi connectivity index (χ0v) is 16.7. The Morgan fingerprint density at radius 2 is 1.81 bits per heavy atom. The molecule has 0 atom stereocenters. The van der Waals surface area contributed by atoms with Gasteiger partial charge < -0.3 is 4.90 Å². The second-order valence-electron chi connectivity index (χ2n) is 7.52. The number of rotatable bonds is 5. The van der Waals surface area contributed by atoms with E-state index in [9.17, 15) is 26.4 Å². The fourth-order valence-corrected chi connectivity index (χ4v) is 4.59. The number of carbonyl (C=O) groups is 1. The van der Waals surface area contributed by atoms with Crippen molar-refractivity contribution in [3.05, 3.63) is 34.9 Å². The summed E-state index contributed by atoms with van der Waals surface area (Å²) in [4.78, 5) is 14.2. The monoisotopic (exact) mass is 405 g/mol. The third-order valence-electron chi connectivity index (χ3n) is 5.17. The van der Waals surface area contributed by atoms with E-state index in [0.717, 1.165) is 12.1 Å². The van der Waals surface area contributed by atoms with Crippen molar-refractivity contribution in [1.82, 2.24) is 4.90 Å². The van der Waals surface area contributed by atoms with Crippen LogP contribution in [-0.4, -0.2) is 43.3 Å². The summed E-state index contributed by atoms with van der Waals surface area (Å²) in [6.07, 6.45) is -3.09. The van der Waals surface area contributed by atoms with Gasteiger partial charge in [0.25, 0.3) is 0 Å². The molecule has 0 bridgehead atoms. The van der Waals surface area contributed by atoms with Crippen LogP contribution in [0.3, 0.4) is 0 Å². The van der Waals surface area contributed by atoms with Gasteiger partial charge in [0.05, 0.1) is 23.0 Å². The van der Waals surface area contributed by atoms with E-state index in [1.165, 1.54) is 6.07 Å². The fourth-order valence-electron chi connectivity index (χ4n) is 3.22. The van der Waals surface area contributed by atoms with E-state index in [2.05, 4.69) is 0 Å². The molecule has 1 aliphatic heterocycles. The first kappa shape index (κ1) is 21.7. The third-order valence-corrected chi connectivity index (χ3v) is 7.54. The van der Waals surface area contributed by atoms with Gasteiger partial charge in [-0.3, -0.25) is 4.79 Å². The zero-order valence-electron chi connectivity index (χ0n) is 15.8. The Balaban J connectivity index is 1.93. The highest BCUT2D eigenvalue weighted by molar-refractivity contribution is 7.91. The van der Waals surface area contributed by atoms with Crippen molar-refractivity contribution in [2.24, 2.45) is 5.92 Å². The van der Waals surface area contributed by atoms with E-state index in [1.807, 2.05) is 0 Å². The highest BCUT2D eigenvalue weighted by Gasteiger charge is 2.31. The molecule has 1 amide bonds. The molecule has 0 spiro atoms. The molecule has 27 heavy (non-hydrogen) atoms. The molecule has 0 radical (unpaired) electrons. The maximum Gasteiger partial charge on any atom is 0.416 e. The van der Waals surface area contributed by atoms with Crippen LogP contribution in [0.25, 0.3) is 0 Å². The summed E-state index contributed by atoms with van der Waals surface area (Å²) in [6, 6.07) is 3.42. The number of likely N-dealkylation sites (tertiary alicyclic amines) is 1. The molecule has 0 unspecified atom stereocenters. The summed E-state index contributed by atoms with van der Waals surface area (Å²) in [6.45, 7) is 5.87. The molecule has 152 valence electrons. The lowest BCUT2D eigenvalue weighted by Crippen LogP contribution is -2.41. The van der Waals surface area contributed by atoms with Crippen LogP contribution in [0.1, 0.15) is 43.4 Å². The summed E-state index contributed by atoms with van der Waals surface area (Å²) in [5.74, 6) is 0.0577. The van der Waals surface area contributed by atoms with Crippen LogP contribution in [0.4, 0.5) is 13.2 Å². The number of carbonyl (C=O) groups excluding carboxylic acids is 1. The molecule has 1 heterocycles. The van der Waals surface area contributed by atoms with E-state index < -0.39 is 26.8 Å². The summed E-state index contributed by atoms with van der Waals surface area (Å²) < 4.78 is 62.3. The molecule has 0 aliphatic carbocycles. The number of sulfone groups is 1. The number of piperidine rings is 1. The molecule has 2 rings (SSSR count). The fraction of sp³-hybridized carbons (Fsp3) is 0.632. The molecule has 1 aromatic carbocycles. The Bertz CT molecular complexity index is 780. The van der Waals surface area contributed by atoms with Crippen molar-refractivity contribution in [2.75, 3.05) is 18.8 Å². The van der Waals surface area contributed by atoms with Crippen molar-refractivity contribution in [2.45, 2.75) is 51.5 Å². The van der Waals surface area contributed by atoms with Gasteiger partial charge in [-0.25, -0.2) is 8.42 Å². The molecular formula is C19H26F3NO3S. The molecule has 0 N–H and O–H groups in total. The molecule has 0 saturated carbocycles. The molecule has 1 fully saturated rings. The third kappa shape index (κ3) is 5.70. The van der Waals surface area contributed by atoms with Crippen LogP contribution in [0, 0.1) is 12.8 Å². The maximum absolute atomic E-state index is 12.7. The normalized spacial score (nSPS) is 16.8. The van der Waals surface area contributed by atoms with E-state index in [4.69, 9.17) is 0 Å². The lowest BCUT2D eigenvalue weighted by atomic mass is 9.97. The highest BCUT2D eigenvalue weighted by atomic mass is 32.2. The summed E-state index contributed by atoms with van der Waals surface area (Å²) in [5.41, 5.74) is 0.303. The van der Waals surface area contributed by atoms with Crippen molar-refractivity contribution < 1.29 is 26.4 Å². The van der Waals surface area contributed by atoms with Crippen molar-refractivity contribution >= 4 is 15.7 Å². The van der Waals surface area contributed by atoms with Crippen molar-refractivity contribution in [3.63, 3.8) is 0 Å². The van der Waals surface area contributed by atoms with Gasteiger partial charge in [0.1, 0.15) is 0 Å². The number of halogens is 3. The quantitative estimate of drug-likeness (QED) is 0.752. The predicted molar refractivity (Wildman–Crippen MR) is 98.1 cm³/mol. The van der Waals surface area contributed by atoms with Crippen LogP contribution < -0.4 is 0 Å². The number of alkyl halides is 3. The minimum Gasteiger partial charge on any atom is -0.342 e. The molecule has 1 aromatic rings. The SMILES string of the molecule is Cc1cc(C(F)(F)F)ccc1CC(=O)N1CCC(CS(=O)(=O)C(C)C)CC1. The van der Waals surface area contributed by atoms with Crippen LogP contribution in [0.5, 0.6) is 0 Å². The van der Waals surface area contributed by atoms with Crippen LogP contribution >= 0.6 is 0 Å². The van der Waals surface area contributed by atoms with Gasteiger partial charge in [-0.05, 0) is 62.8 Å². The minimum atomic E-state index is -4.40. The molecule has 1 saturated heterocycles. The Morgan fingerprint density at radius 3 is 2.30 bits per heavy atom. The second-order valence-corrected chi connectivity index (χ2v) is 10.1. The lowest BCUT2D eigenvalue weighted by molar-refractivity contribution is -0.137. The van der Waals surface area contributed by atoms with Crippen LogP contribution in [0.2, 0.25) is 0 Å². The van der Waals surface area contributed by atoms with Crippen molar-refractivity contribution in [3.8, 4) is 0 Å². The van der Waals surface area contributed by atoms with Gasteiger partial charge in [0.15, 0.2) is 9.84 Å². The Morgan fingerprint density at radius 1 is 1.22 bits per heavy atom. The number of benzene rings is 1. The Labute approximate surface area is 158 Å². The summed E-state index contributed by atoms with van der Waals surface area (Å²) in [7, 11) is -3.10. The van der Waals surface area contributed by atoms with Gasteiger partial charge in [-0.1, -0.05) is 6.07 Å². The first-order chi connectivity index (χ1) is 12.4. The number of aryl methyl sites for hydroxylation is 1. The van der Waals surface area contributed by atoms with Crippen molar-refractivity contribution in [1.29, 1.82) is 0 Å². The summed E-state index contributed by atoms with van der Waals surface area (Å²) >= 11 is 0. The van der Waals surface area contributed by atoms with E-state index in [0.29, 0.717) is 37.1 Å². The zero-order chi connectivity index (χ0) is 20.4. The van der Waals surface area contributed by atoms with E-state index in [-0.39, 0.29) is 24.0 Å².